The van der Waals surface area contributed by atoms with Gasteiger partial charge in [-0.15, -0.1) is 0 Å². The molecule has 4 aliphatic carbocycles. The van der Waals surface area contributed by atoms with Crippen molar-refractivity contribution in [2.24, 2.45) is 34.5 Å². The van der Waals surface area contributed by atoms with Crippen molar-refractivity contribution < 1.29 is 23.7 Å². The lowest BCUT2D eigenvalue weighted by atomic mass is 9.45. The maximum absolute atomic E-state index is 12.8. The second-order valence-corrected chi connectivity index (χ2v) is 12.5. The van der Waals surface area contributed by atoms with E-state index >= 15 is 0 Å². The van der Waals surface area contributed by atoms with Gasteiger partial charge in [0.15, 0.2) is 12.6 Å². The number of allylic oxidation sites excluding steroid dienone is 1. The first-order valence-corrected chi connectivity index (χ1v) is 14.3. The molecule has 0 radical (unpaired) electrons. The molecule has 5 fully saturated rings. The molecule has 0 bridgehead atoms. The maximum Gasteiger partial charge on any atom is 0.199 e. The summed E-state index contributed by atoms with van der Waals surface area (Å²) in [7, 11) is 0. The first-order chi connectivity index (χ1) is 16.5. The molecule has 4 unspecified atom stereocenters. The minimum atomic E-state index is -0.104. The van der Waals surface area contributed by atoms with Crippen LogP contribution in [0.2, 0.25) is 0 Å². The molecule has 0 spiro atoms. The summed E-state index contributed by atoms with van der Waals surface area (Å²) in [4.78, 5) is 12.8. The van der Waals surface area contributed by atoms with Gasteiger partial charge in [-0.25, -0.2) is 0 Å². The summed E-state index contributed by atoms with van der Waals surface area (Å²) < 4.78 is 25.3. The first-order valence-electron chi connectivity index (χ1n) is 14.3. The van der Waals surface area contributed by atoms with E-state index in [0.29, 0.717) is 29.5 Å². The molecule has 0 amide bonds. The quantitative estimate of drug-likeness (QED) is 0.491. The minimum Gasteiger partial charge on any atom is -0.470 e. The largest absolute Gasteiger partial charge is 0.470 e. The number of fused-ring (bicyclic) bond motifs is 5. The van der Waals surface area contributed by atoms with Gasteiger partial charge in [0.25, 0.3) is 0 Å². The molecule has 6 aliphatic rings. The molecular weight excluding hydrogens is 428 g/mol. The Kier molecular flexibility index (Phi) is 6.35. The molecule has 0 aromatic heterocycles. The monoisotopic (exact) mass is 472 g/mol. The summed E-state index contributed by atoms with van der Waals surface area (Å²) in [5, 5.41) is 0. The van der Waals surface area contributed by atoms with Crippen molar-refractivity contribution in [1.29, 1.82) is 0 Å². The van der Waals surface area contributed by atoms with Gasteiger partial charge in [-0.05, 0) is 94.0 Å². The van der Waals surface area contributed by atoms with E-state index in [0.717, 1.165) is 76.8 Å². The first kappa shape index (κ1) is 23.5. The Bertz CT molecular complexity index is 796. The summed E-state index contributed by atoms with van der Waals surface area (Å²) in [5.74, 6) is 3.86. The zero-order valence-electron chi connectivity index (χ0n) is 21.3. The van der Waals surface area contributed by atoms with Gasteiger partial charge in [0.2, 0.25) is 0 Å². The van der Waals surface area contributed by atoms with E-state index in [-0.39, 0.29) is 29.5 Å². The fraction of sp³-hybridized carbons (Fsp3) is 0.897. The molecule has 0 aromatic rings. The lowest BCUT2D eigenvalue weighted by Gasteiger charge is -2.61. The number of hydrogen-bond acceptors (Lipinski definition) is 5. The Morgan fingerprint density at radius 2 is 1.65 bits per heavy atom. The van der Waals surface area contributed by atoms with E-state index in [1.165, 1.54) is 25.7 Å². The number of carbonyl (C=O) groups excluding carboxylic acids is 1. The van der Waals surface area contributed by atoms with Crippen LogP contribution < -0.4 is 0 Å². The van der Waals surface area contributed by atoms with Crippen LogP contribution >= 0.6 is 0 Å². The van der Waals surface area contributed by atoms with Gasteiger partial charge in [-0.1, -0.05) is 13.8 Å². The van der Waals surface area contributed by atoms with Gasteiger partial charge in [0, 0.05) is 36.7 Å². The third kappa shape index (κ3) is 3.89. The van der Waals surface area contributed by atoms with Gasteiger partial charge in [0.1, 0.15) is 5.78 Å². The summed E-state index contributed by atoms with van der Waals surface area (Å²) in [6.07, 6.45) is 16.3. The van der Waals surface area contributed by atoms with Gasteiger partial charge < -0.3 is 18.9 Å². The summed E-state index contributed by atoms with van der Waals surface area (Å²) in [6.45, 7) is 6.39. The lowest BCUT2D eigenvalue weighted by molar-refractivity contribution is -0.245. The van der Waals surface area contributed by atoms with Gasteiger partial charge in [0.05, 0.1) is 18.5 Å². The number of rotatable bonds is 4. The zero-order chi connectivity index (χ0) is 23.3. The molecule has 190 valence electrons. The van der Waals surface area contributed by atoms with Crippen molar-refractivity contribution in [2.45, 2.75) is 116 Å². The Balaban J connectivity index is 1.28. The Hall–Kier alpha value is -0.910. The van der Waals surface area contributed by atoms with E-state index in [1.54, 1.807) is 0 Å². The Morgan fingerprint density at radius 3 is 2.38 bits per heavy atom. The molecular formula is C29H44O5. The van der Waals surface area contributed by atoms with E-state index in [4.69, 9.17) is 18.9 Å². The Morgan fingerprint density at radius 1 is 0.882 bits per heavy atom. The smallest absolute Gasteiger partial charge is 0.199 e. The highest BCUT2D eigenvalue weighted by molar-refractivity contribution is 5.87. The highest BCUT2D eigenvalue weighted by Gasteiger charge is 2.62. The molecule has 9 atom stereocenters. The number of ether oxygens (including phenoxy) is 4. The van der Waals surface area contributed by atoms with Crippen LogP contribution in [0.4, 0.5) is 0 Å². The van der Waals surface area contributed by atoms with E-state index < -0.39 is 0 Å². The number of ketones is 1. The second kappa shape index (κ2) is 9.19. The van der Waals surface area contributed by atoms with Crippen molar-refractivity contribution in [3.63, 3.8) is 0 Å². The molecule has 0 N–H and O–H groups in total. The minimum absolute atomic E-state index is 0.0664. The van der Waals surface area contributed by atoms with E-state index in [9.17, 15) is 4.79 Å². The van der Waals surface area contributed by atoms with Gasteiger partial charge in [-0.3, -0.25) is 4.79 Å². The number of Topliss-reactive ketones (excluding diaryl/α,β-unsaturated/α-hetero) is 1. The van der Waals surface area contributed by atoms with Crippen LogP contribution in [0.5, 0.6) is 0 Å². The molecule has 6 rings (SSSR count). The Labute approximate surface area is 205 Å². The summed E-state index contributed by atoms with van der Waals surface area (Å²) in [6, 6.07) is 0. The van der Waals surface area contributed by atoms with Crippen LogP contribution in [0.25, 0.3) is 0 Å². The van der Waals surface area contributed by atoms with Crippen molar-refractivity contribution in [3.05, 3.63) is 11.8 Å². The van der Waals surface area contributed by atoms with E-state index in [1.807, 2.05) is 0 Å². The summed E-state index contributed by atoms with van der Waals surface area (Å²) >= 11 is 0. The zero-order valence-corrected chi connectivity index (χ0v) is 21.3. The molecule has 5 heteroatoms. The molecule has 2 heterocycles. The number of carbonyl (C=O) groups is 1. The molecule has 3 saturated carbocycles. The van der Waals surface area contributed by atoms with Crippen molar-refractivity contribution in [3.8, 4) is 0 Å². The predicted octanol–water partition coefficient (Wildman–Crippen LogP) is 6.16. The highest BCUT2D eigenvalue weighted by Crippen LogP contribution is 2.65. The van der Waals surface area contributed by atoms with Crippen LogP contribution in [-0.2, 0) is 23.7 Å². The topological polar surface area (TPSA) is 54.0 Å². The second-order valence-electron chi connectivity index (χ2n) is 12.5. The van der Waals surface area contributed by atoms with Gasteiger partial charge in [-0.2, -0.15) is 0 Å². The molecule has 0 aromatic carbocycles. The molecule has 2 aliphatic heterocycles. The summed E-state index contributed by atoms with van der Waals surface area (Å²) in [5.41, 5.74) is -0.0126. The van der Waals surface area contributed by atoms with Crippen molar-refractivity contribution in [2.75, 3.05) is 13.2 Å². The number of hydrogen-bond donors (Lipinski definition) is 0. The maximum atomic E-state index is 12.8. The average Bonchev–Trinajstić information content (AvgIpc) is 3.16. The van der Waals surface area contributed by atoms with Crippen LogP contribution in [0, 0.1) is 34.5 Å². The predicted molar refractivity (Wildman–Crippen MR) is 129 cm³/mol. The molecule has 5 nitrogen and oxygen atoms in total. The van der Waals surface area contributed by atoms with Crippen molar-refractivity contribution in [1.82, 2.24) is 0 Å². The van der Waals surface area contributed by atoms with Crippen LogP contribution in [0.3, 0.4) is 0 Å². The van der Waals surface area contributed by atoms with Crippen LogP contribution in [0.15, 0.2) is 11.8 Å². The van der Waals surface area contributed by atoms with Crippen molar-refractivity contribution >= 4 is 5.78 Å². The average molecular weight is 473 g/mol. The van der Waals surface area contributed by atoms with E-state index in [2.05, 4.69) is 19.9 Å². The normalized spacial score (nSPS) is 48.9. The third-order valence-electron chi connectivity index (χ3n) is 10.9. The lowest BCUT2D eigenvalue weighted by Crippen LogP contribution is -2.58. The van der Waals surface area contributed by atoms with Crippen LogP contribution in [0.1, 0.15) is 97.3 Å². The third-order valence-corrected chi connectivity index (χ3v) is 10.9. The van der Waals surface area contributed by atoms with Crippen LogP contribution in [-0.4, -0.2) is 37.7 Å². The SMILES string of the molecule is C[C@@]12C(C=C(OC3CCCCO3)CC1OC1CCCCO1)CC[C@@H]1[C@H]2CC[C@]2(C)C(=O)CC[C@@H]12. The fourth-order valence-corrected chi connectivity index (χ4v) is 8.88. The fourth-order valence-electron chi connectivity index (χ4n) is 8.88. The highest BCUT2D eigenvalue weighted by atomic mass is 16.7. The standard InChI is InChI=1S/C29H44O5/c1-28-14-13-23-21(22(28)11-12-24(28)30)10-9-19-17-20(33-26-7-3-5-15-31-26)18-25(29(19,23)2)34-27-8-4-6-16-32-27/h17,19,21-23,25-27H,3-16,18H2,1-2H3/t19?,21-,22-,23+,25?,26?,27?,28-,29-/m0/s1. The molecule has 34 heavy (non-hydrogen) atoms. The molecule has 2 saturated heterocycles. The van der Waals surface area contributed by atoms with Gasteiger partial charge >= 0.3 is 0 Å².